The summed E-state index contributed by atoms with van der Waals surface area (Å²) in [5, 5.41) is 15.9. The minimum absolute atomic E-state index is 0.0804. The van der Waals surface area contributed by atoms with E-state index in [1.165, 1.54) is 18.7 Å². The summed E-state index contributed by atoms with van der Waals surface area (Å²) in [6.45, 7) is 3.16. The maximum Gasteiger partial charge on any atom is 0.326 e. The van der Waals surface area contributed by atoms with Crippen LogP contribution in [0.4, 0.5) is 0 Å². The summed E-state index contributed by atoms with van der Waals surface area (Å²) in [6, 6.07) is 8.16. The monoisotopic (exact) mass is 358 g/mol. The van der Waals surface area contributed by atoms with Crippen LogP contribution in [0.1, 0.15) is 19.4 Å². The van der Waals surface area contributed by atoms with Crippen molar-refractivity contribution in [3.05, 3.63) is 48.3 Å². The fraction of sp³-hybridized carbons (Fsp3) is 0.333. The first-order valence-corrected chi connectivity index (χ1v) is 8.24. The first-order valence-electron chi connectivity index (χ1n) is 8.24. The number of carbonyl (C=O) groups excluding carboxylic acids is 2. The second kappa shape index (κ2) is 8.80. The van der Waals surface area contributed by atoms with Gasteiger partial charge in [0.05, 0.1) is 12.1 Å². The third kappa shape index (κ3) is 5.17. The zero-order chi connectivity index (χ0) is 19.1. The van der Waals surface area contributed by atoms with Crippen molar-refractivity contribution in [1.82, 2.24) is 20.0 Å². The van der Waals surface area contributed by atoms with Gasteiger partial charge in [-0.3, -0.25) is 9.59 Å². The molecule has 1 atom stereocenters. The van der Waals surface area contributed by atoms with Crippen molar-refractivity contribution < 1.29 is 19.5 Å². The minimum Gasteiger partial charge on any atom is -0.480 e. The molecular formula is C18H22N4O4. The number of aromatic nitrogens is 2. The Labute approximate surface area is 151 Å². The molecule has 2 rings (SSSR count). The highest BCUT2D eigenvalue weighted by atomic mass is 16.4. The predicted molar refractivity (Wildman–Crippen MR) is 94.8 cm³/mol. The molecule has 0 saturated carbocycles. The van der Waals surface area contributed by atoms with Gasteiger partial charge in [0.1, 0.15) is 6.04 Å². The highest BCUT2D eigenvalue weighted by Gasteiger charge is 2.25. The number of nitrogens with one attached hydrogen (secondary N) is 1. The molecule has 8 nitrogen and oxygen atoms in total. The third-order valence-corrected chi connectivity index (χ3v) is 3.93. The van der Waals surface area contributed by atoms with Gasteiger partial charge >= 0.3 is 5.97 Å². The van der Waals surface area contributed by atoms with Crippen LogP contribution >= 0.6 is 0 Å². The van der Waals surface area contributed by atoms with Crippen LogP contribution in [0.5, 0.6) is 0 Å². The molecule has 138 valence electrons. The number of hydrogen-bond donors (Lipinski definition) is 2. The smallest absolute Gasteiger partial charge is 0.326 e. The Morgan fingerprint density at radius 1 is 1.27 bits per heavy atom. The summed E-state index contributed by atoms with van der Waals surface area (Å²) in [4.78, 5) is 36.1. The summed E-state index contributed by atoms with van der Waals surface area (Å²) < 4.78 is 1.71. The maximum atomic E-state index is 12.6. The lowest BCUT2D eigenvalue weighted by molar-refractivity contribution is -0.149. The molecule has 0 bridgehead atoms. The highest BCUT2D eigenvalue weighted by Crippen LogP contribution is 2.11. The Hall–Kier alpha value is -3.16. The molecule has 0 aliphatic heterocycles. The van der Waals surface area contributed by atoms with Crippen molar-refractivity contribution in [2.75, 3.05) is 13.1 Å². The van der Waals surface area contributed by atoms with Crippen molar-refractivity contribution in [3.8, 4) is 5.69 Å². The molecule has 1 aromatic carbocycles. The van der Waals surface area contributed by atoms with Crippen molar-refractivity contribution in [2.24, 2.45) is 0 Å². The lowest BCUT2D eigenvalue weighted by atomic mass is 10.1. The van der Waals surface area contributed by atoms with Gasteiger partial charge in [-0.25, -0.2) is 9.48 Å². The molecule has 8 heteroatoms. The largest absolute Gasteiger partial charge is 0.480 e. The van der Waals surface area contributed by atoms with Gasteiger partial charge in [-0.15, -0.1) is 0 Å². The topological polar surface area (TPSA) is 105 Å². The Balaban J connectivity index is 2.05. The van der Waals surface area contributed by atoms with Crippen molar-refractivity contribution in [2.45, 2.75) is 26.3 Å². The van der Waals surface area contributed by atoms with Gasteiger partial charge in [0.2, 0.25) is 11.8 Å². The van der Waals surface area contributed by atoms with E-state index in [4.69, 9.17) is 0 Å². The standard InChI is InChI=1S/C18H22N4O4/c1-13(18(25)26)21(11-9-19-14(2)23)17(24)12-15-4-6-16(7-5-15)22-10-3-8-20-22/h3-8,10,13H,9,11-12H2,1-2H3,(H,19,23)(H,25,26). The number of carboxylic acids is 1. The van der Waals surface area contributed by atoms with E-state index >= 15 is 0 Å². The van der Waals surface area contributed by atoms with Crippen LogP contribution in [-0.4, -0.2) is 56.7 Å². The van der Waals surface area contributed by atoms with Crippen LogP contribution in [0, 0.1) is 0 Å². The molecule has 2 aromatic rings. The molecule has 2 N–H and O–H groups in total. The van der Waals surface area contributed by atoms with Gasteiger partial charge in [-0.2, -0.15) is 5.10 Å². The van der Waals surface area contributed by atoms with Gasteiger partial charge in [-0.05, 0) is 30.7 Å². The minimum atomic E-state index is -1.09. The SMILES string of the molecule is CC(=O)NCCN(C(=O)Cc1ccc(-n2cccn2)cc1)C(C)C(=O)O. The van der Waals surface area contributed by atoms with Gasteiger partial charge < -0.3 is 15.3 Å². The van der Waals surface area contributed by atoms with Gasteiger partial charge in [0.15, 0.2) is 0 Å². The summed E-state index contributed by atoms with van der Waals surface area (Å²) >= 11 is 0. The maximum absolute atomic E-state index is 12.6. The van der Waals surface area contributed by atoms with Gasteiger partial charge in [-0.1, -0.05) is 12.1 Å². The fourth-order valence-corrected chi connectivity index (χ4v) is 2.48. The quantitative estimate of drug-likeness (QED) is 0.728. The Bertz CT molecular complexity index is 756. The van der Waals surface area contributed by atoms with Crippen molar-refractivity contribution in [3.63, 3.8) is 0 Å². The molecule has 26 heavy (non-hydrogen) atoms. The number of carboxylic acid groups (broad SMARTS) is 1. The molecule has 2 amide bonds. The number of hydrogen-bond acceptors (Lipinski definition) is 4. The number of amides is 2. The average Bonchev–Trinajstić information content (AvgIpc) is 3.13. The van der Waals surface area contributed by atoms with E-state index in [1.54, 1.807) is 10.9 Å². The van der Waals surface area contributed by atoms with Crippen LogP contribution in [0.15, 0.2) is 42.7 Å². The summed E-state index contributed by atoms with van der Waals surface area (Å²) in [7, 11) is 0. The van der Waals surface area contributed by atoms with Crippen LogP contribution in [0.25, 0.3) is 5.69 Å². The lowest BCUT2D eigenvalue weighted by Crippen LogP contribution is -2.47. The molecule has 0 aliphatic carbocycles. The van der Waals surface area contributed by atoms with E-state index in [2.05, 4.69) is 10.4 Å². The van der Waals surface area contributed by atoms with Crippen molar-refractivity contribution in [1.29, 1.82) is 0 Å². The molecule has 0 saturated heterocycles. The molecular weight excluding hydrogens is 336 g/mol. The first-order chi connectivity index (χ1) is 12.4. The predicted octanol–water partition coefficient (Wildman–Crippen LogP) is 0.853. The number of aliphatic carboxylic acids is 1. The van der Waals surface area contributed by atoms with Crippen LogP contribution in [-0.2, 0) is 20.8 Å². The number of benzene rings is 1. The summed E-state index contributed by atoms with van der Waals surface area (Å²) in [5.41, 5.74) is 1.64. The van der Waals surface area contributed by atoms with Gasteiger partial charge in [0, 0.05) is 32.4 Å². The highest BCUT2D eigenvalue weighted by molar-refractivity contribution is 5.85. The third-order valence-electron chi connectivity index (χ3n) is 3.93. The van der Waals surface area contributed by atoms with Gasteiger partial charge in [0.25, 0.3) is 0 Å². The van der Waals surface area contributed by atoms with Crippen molar-refractivity contribution >= 4 is 17.8 Å². The van der Waals surface area contributed by atoms with E-state index < -0.39 is 12.0 Å². The summed E-state index contributed by atoms with van der Waals surface area (Å²) in [6.07, 6.45) is 3.58. The normalized spacial score (nSPS) is 11.6. The number of rotatable bonds is 8. The van der Waals surface area contributed by atoms with E-state index in [9.17, 15) is 19.5 Å². The van der Waals surface area contributed by atoms with Crippen LogP contribution in [0.2, 0.25) is 0 Å². The van der Waals surface area contributed by atoms with E-state index in [1.807, 2.05) is 36.5 Å². The lowest BCUT2D eigenvalue weighted by Gasteiger charge is -2.26. The Morgan fingerprint density at radius 3 is 2.50 bits per heavy atom. The molecule has 0 radical (unpaired) electrons. The van der Waals surface area contributed by atoms with E-state index in [-0.39, 0.29) is 31.3 Å². The molecule has 0 aliphatic rings. The van der Waals surface area contributed by atoms with Crippen LogP contribution in [0.3, 0.4) is 0 Å². The molecule has 1 unspecified atom stereocenters. The average molecular weight is 358 g/mol. The first kappa shape index (κ1) is 19.2. The Kier molecular flexibility index (Phi) is 6.48. The molecule has 1 heterocycles. The second-order valence-corrected chi connectivity index (χ2v) is 5.88. The molecule has 0 fully saturated rings. The van der Waals surface area contributed by atoms with Crippen LogP contribution < -0.4 is 5.32 Å². The zero-order valence-corrected chi connectivity index (χ0v) is 14.8. The van der Waals surface area contributed by atoms with E-state index in [0.717, 1.165) is 11.3 Å². The molecule has 1 aromatic heterocycles. The Morgan fingerprint density at radius 2 is 1.96 bits per heavy atom. The number of nitrogens with zero attached hydrogens (tertiary/aromatic N) is 3. The second-order valence-electron chi connectivity index (χ2n) is 5.88. The summed E-state index contributed by atoms with van der Waals surface area (Å²) in [5.74, 6) is -1.62. The molecule has 0 spiro atoms. The van der Waals surface area contributed by atoms with E-state index in [0.29, 0.717) is 0 Å². The fourth-order valence-electron chi connectivity index (χ4n) is 2.48. The zero-order valence-electron chi connectivity index (χ0n) is 14.8. The number of carbonyl (C=O) groups is 3.